The van der Waals surface area contributed by atoms with Gasteiger partial charge in [0.25, 0.3) is 0 Å². The van der Waals surface area contributed by atoms with Gasteiger partial charge in [0, 0.05) is 20.6 Å². The van der Waals surface area contributed by atoms with Gasteiger partial charge in [-0.3, -0.25) is 9.36 Å². The number of aryl methyl sites for hydroxylation is 2. The highest BCUT2D eigenvalue weighted by Crippen LogP contribution is 2.26. The van der Waals surface area contributed by atoms with E-state index >= 15 is 0 Å². The molecule has 3 rings (SSSR count). The number of unbranched alkanes of at least 4 members (excludes halogenated alkanes) is 1. The van der Waals surface area contributed by atoms with Gasteiger partial charge in [0.1, 0.15) is 11.4 Å². The van der Waals surface area contributed by atoms with E-state index in [1.54, 1.807) is 38.4 Å². The lowest BCUT2D eigenvalue weighted by Crippen LogP contribution is -2.45. The summed E-state index contributed by atoms with van der Waals surface area (Å²) in [7, 11) is 3.17. The second-order valence-electron chi connectivity index (χ2n) is 9.90. The zero-order chi connectivity index (χ0) is 29.6. The number of oxazole rings is 1. The van der Waals surface area contributed by atoms with Crippen molar-refractivity contribution in [3.8, 4) is 17.2 Å². The Labute approximate surface area is 231 Å². The highest BCUT2D eigenvalue weighted by molar-refractivity contribution is 5.83. The van der Waals surface area contributed by atoms with Gasteiger partial charge in [-0.1, -0.05) is 72.1 Å². The number of aromatic nitrogens is 1. The summed E-state index contributed by atoms with van der Waals surface area (Å²) < 4.78 is 25.7. The Bertz CT molecular complexity index is 1280. The van der Waals surface area contributed by atoms with Crippen LogP contribution in [0.5, 0.6) is 0 Å². The van der Waals surface area contributed by atoms with Crippen molar-refractivity contribution in [1.29, 1.82) is 5.26 Å². The van der Waals surface area contributed by atoms with Crippen LogP contribution in [-0.4, -0.2) is 23.2 Å². The number of methoxy groups -OCH3 is 1. The molecule has 214 valence electrons. The highest BCUT2D eigenvalue weighted by Gasteiger charge is 2.33. The van der Waals surface area contributed by atoms with Crippen LogP contribution in [-0.2, 0) is 23.0 Å². The molecule has 0 radical (unpaired) electrons. The number of halogens is 1. The summed E-state index contributed by atoms with van der Waals surface area (Å²) in [5, 5.41) is 8.57. The summed E-state index contributed by atoms with van der Waals surface area (Å²) >= 11 is 0. The molecule has 2 aromatic carbocycles. The van der Waals surface area contributed by atoms with Crippen molar-refractivity contribution >= 4 is 17.0 Å². The largest absolute Gasteiger partial charge is 0.419 e. The number of benzene rings is 2. The fraction of sp³-hybridized carbons (Fsp3) is 0.516. The van der Waals surface area contributed by atoms with E-state index in [0.29, 0.717) is 41.5 Å². The van der Waals surface area contributed by atoms with Gasteiger partial charge >= 0.3 is 5.76 Å². The summed E-state index contributed by atoms with van der Waals surface area (Å²) in [4.78, 5) is 22.6. The monoisotopic (exact) mass is 541 g/mol. The maximum Gasteiger partial charge on any atom is 0.419 e. The first-order valence-electron chi connectivity index (χ1n) is 13.6. The second-order valence-corrected chi connectivity index (χ2v) is 9.90. The van der Waals surface area contributed by atoms with Gasteiger partial charge in [-0.25, -0.2) is 9.18 Å². The first-order chi connectivity index (χ1) is 18.5. The van der Waals surface area contributed by atoms with Gasteiger partial charge in [0.2, 0.25) is 5.91 Å². The molecule has 0 saturated heterocycles. The zero-order valence-corrected chi connectivity index (χ0v) is 24.5. The first-order valence-corrected chi connectivity index (χ1v) is 13.6. The lowest BCUT2D eigenvalue weighted by atomic mass is 9.93. The summed E-state index contributed by atoms with van der Waals surface area (Å²) in [5.74, 6) is -0.213. The average molecular weight is 542 g/mol. The van der Waals surface area contributed by atoms with Gasteiger partial charge in [-0.2, -0.15) is 5.26 Å². The molecule has 8 heteroatoms. The predicted octanol–water partition coefficient (Wildman–Crippen LogP) is 6.90. The molecular formula is C31H44FN3O4. The predicted molar refractivity (Wildman–Crippen MR) is 155 cm³/mol. The Hall–Kier alpha value is -3.44. The zero-order valence-electron chi connectivity index (χ0n) is 24.5. The molecule has 7 nitrogen and oxygen atoms in total. The standard InChI is InChI=1S/C17H13FN2O2.C9H19NO2.C5H12/c1-20-15-10-13(6-7-16(15)22-17(20)21)12-5-4-11(3-2-8-19)14(18)9-12;1-4-6-7-9(5-2,12-3)8(10)11;1-4-5(2)3/h4-7,9-10H,2-3H2,1H3;4-7H2,1-3H3,(H2,10,11);5H,4H2,1-3H3. The van der Waals surface area contributed by atoms with Crippen LogP contribution < -0.4 is 11.5 Å². The third-order valence-electron chi connectivity index (χ3n) is 6.85. The van der Waals surface area contributed by atoms with E-state index in [1.165, 1.54) is 17.1 Å². The number of nitrogens with two attached hydrogens (primary N) is 1. The minimum atomic E-state index is -0.726. The molecule has 0 spiro atoms. The minimum Gasteiger partial charge on any atom is -0.408 e. The van der Waals surface area contributed by atoms with Crippen LogP contribution in [0.4, 0.5) is 4.39 Å². The van der Waals surface area contributed by atoms with Crippen LogP contribution >= 0.6 is 0 Å². The third-order valence-corrected chi connectivity index (χ3v) is 6.85. The fourth-order valence-corrected chi connectivity index (χ4v) is 3.71. The normalized spacial score (nSPS) is 12.1. The van der Waals surface area contributed by atoms with Crippen LogP contribution in [0, 0.1) is 23.1 Å². The summed E-state index contributed by atoms with van der Waals surface area (Å²) in [5.41, 5.74) is 7.76. The van der Waals surface area contributed by atoms with E-state index in [9.17, 15) is 14.0 Å². The molecule has 1 amide bonds. The summed E-state index contributed by atoms with van der Waals surface area (Å²) in [6, 6.07) is 12.3. The molecule has 1 heterocycles. The van der Waals surface area contributed by atoms with Crippen LogP contribution in [0.3, 0.4) is 0 Å². The second kappa shape index (κ2) is 16.5. The molecule has 0 aliphatic rings. The topological polar surface area (TPSA) is 111 Å². The molecule has 1 atom stereocenters. The lowest BCUT2D eigenvalue weighted by Gasteiger charge is -2.27. The fourth-order valence-electron chi connectivity index (χ4n) is 3.71. The number of ether oxygens (including phenoxy) is 1. The number of carbonyl (C=O) groups excluding carboxylic acids is 1. The third kappa shape index (κ3) is 9.67. The van der Waals surface area contributed by atoms with E-state index < -0.39 is 11.4 Å². The summed E-state index contributed by atoms with van der Waals surface area (Å²) in [6.45, 7) is 10.6. The number of hydrogen-bond acceptors (Lipinski definition) is 5. The van der Waals surface area contributed by atoms with E-state index in [1.807, 2.05) is 19.1 Å². The maximum atomic E-state index is 14.1. The first kappa shape index (κ1) is 33.6. The van der Waals surface area contributed by atoms with Crippen LogP contribution in [0.1, 0.15) is 78.7 Å². The van der Waals surface area contributed by atoms with Gasteiger partial charge in [-0.05, 0) is 60.1 Å². The SMILES string of the molecule is CCC(C)C.CCCCC(CC)(OC)C(N)=O.Cn1c(=O)oc2ccc(-c3ccc(CCC#N)c(F)c3)cc21. The quantitative estimate of drug-likeness (QED) is 0.300. The van der Waals surface area contributed by atoms with Crippen LogP contribution in [0.15, 0.2) is 45.6 Å². The lowest BCUT2D eigenvalue weighted by molar-refractivity contribution is -0.141. The molecule has 1 aromatic heterocycles. The number of hydrogen-bond donors (Lipinski definition) is 1. The molecule has 0 aliphatic carbocycles. The Morgan fingerprint density at radius 1 is 1.18 bits per heavy atom. The molecule has 2 N–H and O–H groups in total. The molecule has 0 saturated carbocycles. The van der Waals surface area contributed by atoms with E-state index in [0.717, 1.165) is 30.7 Å². The molecule has 39 heavy (non-hydrogen) atoms. The number of carbonyl (C=O) groups is 1. The van der Waals surface area contributed by atoms with Gasteiger partial charge in [0.05, 0.1) is 11.6 Å². The number of fused-ring (bicyclic) bond motifs is 1. The molecule has 0 fully saturated rings. The van der Waals surface area contributed by atoms with Gasteiger partial charge in [-0.15, -0.1) is 0 Å². The Morgan fingerprint density at radius 2 is 1.79 bits per heavy atom. The average Bonchev–Trinajstić information content (AvgIpc) is 3.21. The van der Waals surface area contributed by atoms with E-state index in [-0.39, 0.29) is 11.7 Å². The van der Waals surface area contributed by atoms with E-state index in [2.05, 4.69) is 27.7 Å². The molecule has 3 aromatic rings. The maximum absolute atomic E-state index is 14.1. The number of amides is 1. The molecular weight excluding hydrogens is 497 g/mol. The Kier molecular flexibility index (Phi) is 14.2. The van der Waals surface area contributed by atoms with Crippen molar-refractivity contribution in [2.45, 2.75) is 85.2 Å². The van der Waals surface area contributed by atoms with Gasteiger partial charge in [0.15, 0.2) is 5.58 Å². The Balaban J connectivity index is 0.000000378. The van der Waals surface area contributed by atoms with Crippen molar-refractivity contribution in [2.75, 3.05) is 7.11 Å². The number of nitriles is 1. The Morgan fingerprint density at radius 3 is 2.28 bits per heavy atom. The summed E-state index contributed by atoms with van der Waals surface area (Å²) in [6.07, 6.45) is 5.41. The highest BCUT2D eigenvalue weighted by atomic mass is 19.1. The number of nitrogens with zero attached hydrogens (tertiary/aromatic N) is 2. The van der Waals surface area contributed by atoms with Crippen LogP contribution in [0.25, 0.3) is 22.2 Å². The van der Waals surface area contributed by atoms with Crippen LogP contribution in [0.2, 0.25) is 0 Å². The van der Waals surface area contributed by atoms with Gasteiger partial charge < -0.3 is 14.9 Å². The van der Waals surface area contributed by atoms with Crippen molar-refractivity contribution in [1.82, 2.24) is 4.57 Å². The molecule has 1 unspecified atom stereocenters. The smallest absolute Gasteiger partial charge is 0.408 e. The number of primary amides is 1. The van der Waals surface area contributed by atoms with Crippen molar-refractivity contribution in [3.05, 3.63) is 58.3 Å². The van der Waals surface area contributed by atoms with Crippen molar-refractivity contribution in [2.24, 2.45) is 18.7 Å². The van der Waals surface area contributed by atoms with Crippen molar-refractivity contribution < 1.29 is 18.3 Å². The van der Waals surface area contributed by atoms with E-state index in [4.69, 9.17) is 20.1 Å². The molecule has 0 aliphatic heterocycles. The molecule has 0 bridgehead atoms. The minimum absolute atomic E-state index is 0.291. The number of rotatable bonds is 10. The van der Waals surface area contributed by atoms with Crippen molar-refractivity contribution in [3.63, 3.8) is 0 Å².